The number of hydrogen-bond acceptors (Lipinski definition) is 3. The van der Waals surface area contributed by atoms with E-state index in [0.717, 1.165) is 30.2 Å². The van der Waals surface area contributed by atoms with Crippen molar-refractivity contribution < 1.29 is 9.47 Å². The van der Waals surface area contributed by atoms with Gasteiger partial charge in [0.15, 0.2) is 11.5 Å². The molecule has 0 atom stereocenters. The molecule has 0 spiro atoms. The fourth-order valence-corrected chi connectivity index (χ4v) is 2.92. The van der Waals surface area contributed by atoms with Crippen molar-refractivity contribution in [3.8, 4) is 22.6 Å². The molecule has 1 aliphatic heterocycles. The molecule has 3 aromatic rings. The summed E-state index contributed by atoms with van der Waals surface area (Å²) in [4.78, 5) is 0. The van der Waals surface area contributed by atoms with Crippen LogP contribution in [0, 0.1) is 0 Å². The lowest BCUT2D eigenvalue weighted by Crippen LogP contribution is -2.13. The summed E-state index contributed by atoms with van der Waals surface area (Å²) >= 11 is 0. The van der Waals surface area contributed by atoms with Crippen molar-refractivity contribution in [3.63, 3.8) is 0 Å². The van der Waals surface area contributed by atoms with Crippen LogP contribution < -0.4 is 14.8 Å². The summed E-state index contributed by atoms with van der Waals surface area (Å²) in [5, 5.41) is 3.47. The summed E-state index contributed by atoms with van der Waals surface area (Å²) in [5.41, 5.74) is 4.88. The largest absolute Gasteiger partial charge is 0.454 e. The van der Waals surface area contributed by atoms with E-state index >= 15 is 0 Å². The zero-order valence-electron chi connectivity index (χ0n) is 13.4. The fourth-order valence-electron chi connectivity index (χ4n) is 2.92. The van der Waals surface area contributed by atoms with Gasteiger partial charge in [-0.15, -0.1) is 0 Å². The van der Waals surface area contributed by atoms with Gasteiger partial charge < -0.3 is 14.8 Å². The van der Waals surface area contributed by atoms with Crippen LogP contribution >= 0.6 is 0 Å². The molecule has 0 bridgehead atoms. The van der Waals surface area contributed by atoms with E-state index in [9.17, 15) is 0 Å². The maximum atomic E-state index is 5.53. The SMILES string of the molecule is c1ccc(-c2ccc(CNCc3cccc4c3OCO4)cc2)cc1. The minimum atomic E-state index is 0.313. The normalized spacial score (nSPS) is 12.3. The molecule has 0 unspecified atom stereocenters. The lowest BCUT2D eigenvalue weighted by molar-refractivity contribution is 0.173. The Bertz CT molecular complexity index is 813. The maximum absolute atomic E-state index is 5.53. The van der Waals surface area contributed by atoms with Crippen LogP contribution in [0.25, 0.3) is 11.1 Å². The standard InChI is InChI=1S/C21H19NO2/c1-2-5-17(6-3-1)18-11-9-16(10-12-18)13-22-14-19-7-4-8-20-21(19)24-15-23-20/h1-12,22H,13-15H2. The summed E-state index contributed by atoms with van der Waals surface area (Å²) < 4.78 is 10.9. The van der Waals surface area contributed by atoms with E-state index in [1.807, 2.05) is 18.2 Å². The summed E-state index contributed by atoms with van der Waals surface area (Å²) in [6, 6.07) is 25.1. The molecule has 3 nitrogen and oxygen atoms in total. The summed E-state index contributed by atoms with van der Waals surface area (Å²) in [7, 11) is 0. The number of rotatable bonds is 5. The molecule has 1 heterocycles. The molecule has 4 rings (SSSR count). The molecule has 0 saturated carbocycles. The van der Waals surface area contributed by atoms with E-state index in [4.69, 9.17) is 9.47 Å². The third kappa shape index (κ3) is 3.12. The van der Waals surface area contributed by atoms with Gasteiger partial charge in [0.2, 0.25) is 6.79 Å². The van der Waals surface area contributed by atoms with Gasteiger partial charge in [-0.25, -0.2) is 0 Å². The smallest absolute Gasteiger partial charge is 0.231 e. The number of para-hydroxylation sites is 1. The molecule has 24 heavy (non-hydrogen) atoms. The predicted molar refractivity (Wildman–Crippen MR) is 95.0 cm³/mol. The van der Waals surface area contributed by atoms with Crippen LogP contribution in [0.2, 0.25) is 0 Å². The Morgan fingerprint density at radius 1 is 0.708 bits per heavy atom. The summed E-state index contributed by atoms with van der Waals surface area (Å²) in [6.45, 7) is 1.89. The number of nitrogens with one attached hydrogen (secondary N) is 1. The second kappa shape index (κ2) is 6.77. The van der Waals surface area contributed by atoms with Gasteiger partial charge in [-0.1, -0.05) is 66.7 Å². The minimum absolute atomic E-state index is 0.313. The summed E-state index contributed by atoms with van der Waals surface area (Å²) in [6.07, 6.45) is 0. The third-order valence-electron chi connectivity index (χ3n) is 4.18. The number of benzene rings is 3. The van der Waals surface area contributed by atoms with Crippen LogP contribution in [0.3, 0.4) is 0 Å². The Balaban J connectivity index is 1.38. The molecule has 1 N–H and O–H groups in total. The number of fused-ring (bicyclic) bond motifs is 1. The molecular formula is C21H19NO2. The highest BCUT2D eigenvalue weighted by Crippen LogP contribution is 2.35. The van der Waals surface area contributed by atoms with Gasteiger partial charge in [0.1, 0.15) is 0 Å². The van der Waals surface area contributed by atoms with Crippen molar-refractivity contribution in [1.29, 1.82) is 0 Å². The van der Waals surface area contributed by atoms with Gasteiger partial charge in [-0.2, -0.15) is 0 Å². The predicted octanol–water partition coefficient (Wildman–Crippen LogP) is 4.37. The lowest BCUT2D eigenvalue weighted by Gasteiger charge is -2.08. The van der Waals surface area contributed by atoms with Crippen LogP contribution in [0.15, 0.2) is 72.8 Å². The Labute approximate surface area is 141 Å². The zero-order valence-corrected chi connectivity index (χ0v) is 13.4. The molecule has 0 saturated heterocycles. The molecule has 1 aliphatic rings. The number of ether oxygens (including phenoxy) is 2. The van der Waals surface area contributed by atoms with Crippen molar-refractivity contribution in [2.45, 2.75) is 13.1 Å². The highest BCUT2D eigenvalue weighted by Gasteiger charge is 2.16. The first-order chi connectivity index (χ1) is 11.9. The van der Waals surface area contributed by atoms with E-state index in [-0.39, 0.29) is 0 Å². The minimum Gasteiger partial charge on any atom is -0.454 e. The average Bonchev–Trinajstić information content (AvgIpc) is 3.13. The van der Waals surface area contributed by atoms with Gasteiger partial charge in [0, 0.05) is 18.7 Å². The Morgan fingerprint density at radius 3 is 2.33 bits per heavy atom. The van der Waals surface area contributed by atoms with E-state index in [2.05, 4.69) is 59.9 Å². The van der Waals surface area contributed by atoms with E-state index in [0.29, 0.717) is 6.79 Å². The van der Waals surface area contributed by atoms with Crippen LogP contribution in [-0.2, 0) is 13.1 Å². The van der Waals surface area contributed by atoms with Crippen molar-refractivity contribution in [3.05, 3.63) is 83.9 Å². The first kappa shape index (κ1) is 14.8. The molecule has 0 amide bonds. The van der Waals surface area contributed by atoms with Crippen LogP contribution in [0.4, 0.5) is 0 Å². The Kier molecular flexibility index (Phi) is 4.17. The molecule has 3 heteroatoms. The van der Waals surface area contributed by atoms with Crippen molar-refractivity contribution in [2.75, 3.05) is 6.79 Å². The molecule has 0 aromatic heterocycles. The third-order valence-corrected chi connectivity index (χ3v) is 4.18. The quantitative estimate of drug-likeness (QED) is 0.758. The maximum Gasteiger partial charge on any atom is 0.231 e. The average molecular weight is 317 g/mol. The van der Waals surface area contributed by atoms with Gasteiger partial charge in [0.25, 0.3) is 0 Å². The van der Waals surface area contributed by atoms with E-state index in [1.165, 1.54) is 16.7 Å². The second-order valence-electron chi connectivity index (χ2n) is 5.82. The molecule has 3 aromatic carbocycles. The van der Waals surface area contributed by atoms with Crippen LogP contribution in [0.1, 0.15) is 11.1 Å². The molecule has 0 radical (unpaired) electrons. The Hall–Kier alpha value is -2.78. The summed E-state index contributed by atoms with van der Waals surface area (Å²) in [5.74, 6) is 1.70. The first-order valence-corrected chi connectivity index (χ1v) is 8.13. The molecular weight excluding hydrogens is 298 g/mol. The highest BCUT2D eigenvalue weighted by atomic mass is 16.7. The van der Waals surface area contributed by atoms with E-state index in [1.54, 1.807) is 0 Å². The van der Waals surface area contributed by atoms with Gasteiger partial charge in [-0.05, 0) is 22.8 Å². The zero-order chi connectivity index (χ0) is 16.2. The monoisotopic (exact) mass is 317 g/mol. The molecule has 120 valence electrons. The van der Waals surface area contributed by atoms with Gasteiger partial charge in [0.05, 0.1) is 0 Å². The fraction of sp³-hybridized carbons (Fsp3) is 0.143. The topological polar surface area (TPSA) is 30.5 Å². The van der Waals surface area contributed by atoms with Crippen LogP contribution in [-0.4, -0.2) is 6.79 Å². The van der Waals surface area contributed by atoms with Gasteiger partial charge in [-0.3, -0.25) is 0 Å². The lowest BCUT2D eigenvalue weighted by atomic mass is 10.0. The molecule has 0 aliphatic carbocycles. The first-order valence-electron chi connectivity index (χ1n) is 8.13. The van der Waals surface area contributed by atoms with Crippen molar-refractivity contribution in [1.82, 2.24) is 5.32 Å². The Morgan fingerprint density at radius 2 is 1.50 bits per heavy atom. The van der Waals surface area contributed by atoms with Gasteiger partial charge >= 0.3 is 0 Å². The van der Waals surface area contributed by atoms with Crippen LogP contribution in [0.5, 0.6) is 11.5 Å². The molecule has 0 fully saturated rings. The van der Waals surface area contributed by atoms with Crippen molar-refractivity contribution in [2.24, 2.45) is 0 Å². The van der Waals surface area contributed by atoms with Crippen molar-refractivity contribution >= 4 is 0 Å². The van der Waals surface area contributed by atoms with E-state index < -0.39 is 0 Å². The second-order valence-corrected chi connectivity index (χ2v) is 5.82. The number of hydrogen-bond donors (Lipinski definition) is 1. The highest BCUT2D eigenvalue weighted by molar-refractivity contribution is 5.63.